The van der Waals surface area contributed by atoms with Gasteiger partial charge in [0, 0.05) is 20.6 Å². The summed E-state index contributed by atoms with van der Waals surface area (Å²) in [7, 11) is 0. The van der Waals surface area contributed by atoms with Crippen molar-refractivity contribution in [3.63, 3.8) is 0 Å². The van der Waals surface area contributed by atoms with Gasteiger partial charge in [0.25, 0.3) is 5.91 Å². The van der Waals surface area contributed by atoms with Crippen molar-refractivity contribution < 1.29 is 4.79 Å². The number of rotatable bonds is 3. The number of nitrogens with two attached hydrogens (primary N) is 1. The van der Waals surface area contributed by atoms with Crippen LogP contribution in [0.3, 0.4) is 0 Å². The highest BCUT2D eigenvalue weighted by Crippen LogP contribution is 2.33. The molecule has 0 aliphatic heterocycles. The number of benzene rings is 2. The van der Waals surface area contributed by atoms with Gasteiger partial charge in [-0.1, -0.05) is 51.3 Å². The number of hydrogen-bond acceptors (Lipinski definition) is 3. The van der Waals surface area contributed by atoms with Crippen LogP contribution in [0.1, 0.15) is 16.1 Å². The van der Waals surface area contributed by atoms with Crippen LogP contribution in [0.4, 0.5) is 0 Å². The molecule has 0 spiro atoms. The lowest BCUT2D eigenvalue weighted by molar-refractivity contribution is 0.0947. The van der Waals surface area contributed by atoms with Crippen molar-refractivity contribution in [2.24, 2.45) is 5.84 Å². The van der Waals surface area contributed by atoms with E-state index in [1.165, 1.54) is 0 Å². The molecule has 1 amide bonds. The minimum atomic E-state index is -0.473. The lowest BCUT2D eigenvalue weighted by Gasteiger charge is -2.11. The first-order valence-electron chi connectivity index (χ1n) is 7.24. The van der Waals surface area contributed by atoms with E-state index >= 15 is 0 Å². The quantitative estimate of drug-likeness (QED) is 0.358. The lowest BCUT2D eigenvalue weighted by Crippen LogP contribution is -2.30. The van der Waals surface area contributed by atoms with Gasteiger partial charge in [0.15, 0.2) is 5.69 Å². The third-order valence-corrected chi connectivity index (χ3v) is 4.79. The molecule has 1 heterocycles. The second kappa shape index (κ2) is 7.17. The van der Waals surface area contributed by atoms with Gasteiger partial charge >= 0.3 is 0 Å². The van der Waals surface area contributed by atoms with Gasteiger partial charge in [0.1, 0.15) is 0 Å². The average Bonchev–Trinajstić information content (AvgIpc) is 2.92. The summed E-state index contributed by atoms with van der Waals surface area (Å²) in [5.41, 5.74) is 5.29. The molecule has 3 aromatic rings. The van der Waals surface area contributed by atoms with Gasteiger partial charge in [-0.3, -0.25) is 10.2 Å². The summed E-state index contributed by atoms with van der Waals surface area (Å²) in [6, 6.07) is 12.8. The number of nitrogens with zero attached hydrogens (tertiary/aromatic N) is 2. The normalized spacial score (nSPS) is 10.8. The Balaban J connectivity index is 2.29. The second-order valence-electron chi connectivity index (χ2n) is 5.31. The SMILES string of the molecule is Cc1c(C(=O)NN)nn(-c2ccc(Cl)cc2Cl)c1-c1ccc(Br)cc1. The van der Waals surface area contributed by atoms with E-state index in [9.17, 15) is 4.79 Å². The molecule has 25 heavy (non-hydrogen) atoms. The highest BCUT2D eigenvalue weighted by atomic mass is 79.9. The highest BCUT2D eigenvalue weighted by Gasteiger charge is 2.22. The topological polar surface area (TPSA) is 72.9 Å². The van der Waals surface area contributed by atoms with Crippen LogP contribution in [0, 0.1) is 6.92 Å². The number of hydrogen-bond donors (Lipinski definition) is 2. The van der Waals surface area contributed by atoms with Crippen LogP contribution in [0.15, 0.2) is 46.9 Å². The van der Waals surface area contributed by atoms with Crippen molar-refractivity contribution in [1.82, 2.24) is 15.2 Å². The fourth-order valence-electron chi connectivity index (χ4n) is 2.55. The summed E-state index contributed by atoms with van der Waals surface area (Å²) in [6.45, 7) is 1.81. The van der Waals surface area contributed by atoms with Crippen LogP contribution in [0.25, 0.3) is 16.9 Å². The summed E-state index contributed by atoms with van der Waals surface area (Å²) in [5, 5.41) is 5.37. The third-order valence-electron chi connectivity index (χ3n) is 3.72. The minimum absolute atomic E-state index is 0.228. The standard InChI is InChI=1S/C17H13BrCl2N4O/c1-9-15(17(25)22-21)23-24(14-7-6-12(19)8-13(14)20)16(9)10-2-4-11(18)5-3-10/h2-8H,21H2,1H3,(H,22,25). The number of carbonyl (C=O) groups is 1. The molecule has 3 rings (SSSR count). The summed E-state index contributed by atoms with van der Waals surface area (Å²) in [4.78, 5) is 12.1. The molecule has 0 saturated heterocycles. The zero-order chi connectivity index (χ0) is 18.1. The van der Waals surface area contributed by atoms with Crippen LogP contribution < -0.4 is 11.3 Å². The van der Waals surface area contributed by atoms with E-state index in [1.807, 2.05) is 31.2 Å². The van der Waals surface area contributed by atoms with Crippen LogP contribution in [-0.4, -0.2) is 15.7 Å². The maximum Gasteiger partial charge on any atom is 0.285 e. The Hall–Kier alpha value is -1.86. The van der Waals surface area contributed by atoms with E-state index in [-0.39, 0.29) is 5.69 Å². The smallest absolute Gasteiger partial charge is 0.285 e. The highest BCUT2D eigenvalue weighted by molar-refractivity contribution is 9.10. The molecular weight excluding hydrogens is 427 g/mol. The van der Waals surface area contributed by atoms with Gasteiger partial charge in [-0.05, 0) is 37.3 Å². The maximum absolute atomic E-state index is 12.1. The van der Waals surface area contributed by atoms with Gasteiger partial charge in [0.2, 0.25) is 0 Å². The summed E-state index contributed by atoms with van der Waals surface area (Å²) >= 11 is 15.8. The van der Waals surface area contributed by atoms with Crippen molar-refractivity contribution in [3.05, 3.63) is 68.2 Å². The summed E-state index contributed by atoms with van der Waals surface area (Å²) < 4.78 is 2.58. The molecule has 0 radical (unpaired) electrons. The van der Waals surface area contributed by atoms with E-state index < -0.39 is 5.91 Å². The number of nitrogens with one attached hydrogen (secondary N) is 1. The molecule has 2 aromatic carbocycles. The van der Waals surface area contributed by atoms with E-state index in [0.717, 1.165) is 15.7 Å². The van der Waals surface area contributed by atoms with Gasteiger partial charge in [0.05, 0.1) is 16.4 Å². The maximum atomic E-state index is 12.1. The first kappa shape index (κ1) is 17.9. The Morgan fingerprint density at radius 3 is 2.48 bits per heavy atom. The van der Waals surface area contributed by atoms with E-state index in [1.54, 1.807) is 22.9 Å². The van der Waals surface area contributed by atoms with Crippen LogP contribution in [-0.2, 0) is 0 Å². The molecule has 0 bridgehead atoms. The lowest BCUT2D eigenvalue weighted by atomic mass is 10.1. The van der Waals surface area contributed by atoms with Crippen molar-refractivity contribution >= 4 is 45.0 Å². The van der Waals surface area contributed by atoms with Crippen LogP contribution in [0.5, 0.6) is 0 Å². The zero-order valence-electron chi connectivity index (χ0n) is 13.1. The molecule has 0 aliphatic rings. The average molecular weight is 440 g/mol. The zero-order valence-corrected chi connectivity index (χ0v) is 16.2. The molecule has 3 N–H and O–H groups in total. The fraction of sp³-hybridized carbons (Fsp3) is 0.0588. The first-order chi connectivity index (χ1) is 11.9. The molecule has 8 heteroatoms. The molecule has 0 fully saturated rings. The van der Waals surface area contributed by atoms with Crippen LogP contribution >= 0.6 is 39.1 Å². The predicted molar refractivity (Wildman–Crippen MR) is 103 cm³/mol. The number of hydrazine groups is 1. The van der Waals surface area contributed by atoms with Crippen molar-refractivity contribution in [1.29, 1.82) is 0 Å². The molecule has 0 unspecified atom stereocenters. The Bertz CT molecular complexity index is 954. The molecule has 5 nitrogen and oxygen atoms in total. The predicted octanol–water partition coefficient (Wildman–Crippen LogP) is 4.52. The molecule has 0 saturated carbocycles. The Morgan fingerprint density at radius 1 is 1.20 bits per heavy atom. The Labute approximate surface area is 162 Å². The van der Waals surface area contributed by atoms with Gasteiger partial charge in [-0.25, -0.2) is 10.5 Å². The van der Waals surface area contributed by atoms with E-state index in [0.29, 0.717) is 21.3 Å². The Kier molecular flexibility index (Phi) is 5.15. The summed E-state index contributed by atoms with van der Waals surface area (Å²) in [5.74, 6) is 4.81. The van der Waals surface area contributed by atoms with Gasteiger partial charge < -0.3 is 0 Å². The number of amides is 1. The van der Waals surface area contributed by atoms with Crippen LogP contribution in [0.2, 0.25) is 10.0 Å². The summed E-state index contributed by atoms with van der Waals surface area (Å²) in [6.07, 6.45) is 0. The number of nitrogen functional groups attached to an aromatic ring is 1. The van der Waals surface area contributed by atoms with E-state index in [2.05, 4.69) is 26.5 Å². The minimum Gasteiger partial charge on any atom is -0.289 e. The number of aromatic nitrogens is 2. The van der Waals surface area contributed by atoms with Gasteiger partial charge in [-0.15, -0.1) is 0 Å². The molecule has 128 valence electrons. The van der Waals surface area contributed by atoms with Crippen molar-refractivity contribution in [3.8, 4) is 16.9 Å². The number of halogens is 3. The van der Waals surface area contributed by atoms with Gasteiger partial charge in [-0.2, -0.15) is 5.10 Å². The van der Waals surface area contributed by atoms with Crippen molar-refractivity contribution in [2.75, 3.05) is 0 Å². The monoisotopic (exact) mass is 438 g/mol. The first-order valence-corrected chi connectivity index (χ1v) is 8.79. The Morgan fingerprint density at radius 2 is 1.88 bits per heavy atom. The fourth-order valence-corrected chi connectivity index (χ4v) is 3.31. The second-order valence-corrected chi connectivity index (χ2v) is 7.07. The molecule has 1 aromatic heterocycles. The molecular formula is C17H13BrCl2N4O. The molecule has 0 aliphatic carbocycles. The van der Waals surface area contributed by atoms with Crippen molar-refractivity contribution in [2.45, 2.75) is 6.92 Å². The van der Waals surface area contributed by atoms with E-state index in [4.69, 9.17) is 29.0 Å². The number of carbonyl (C=O) groups excluding carboxylic acids is 1. The molecule has 0 atom stereocenters. The third kappa shape index (κ3) is 3.43. The largest absolute Gasteiger partial charge is 0.289 e.